The molecule has 5 heteroatoms. The largest absolute Gasteiger partial charge is 0.497 e. The summed E-state index contributed by atoms with van der Waals surface area (Å²) in [6, 6.07) is 17.3. The fourth-order valence-corrected chi connectivity index (χ4v) is 3.18. The van der Waals surface area contributed by atoms with Crippen molar-refractivity contribution in [2.75, 3.05) is 18.2 Å². The number of anilines is 1. The van der Waals surface area contributed by atoms with Gasteiger partial charge in [0.05, 0.1) is 23.4 Å². The lowest BCUT2D eigenvalue weighted by Crippen LogP contribution is -2.14. The SMILES string of the molecule is COc1ccc(NC(=O)CSc2cc(C)c3ccccc3n2)cc1. The van der Waals surface area contributed by atoms with E-state index < -0.39 is 0 Å². The Kier molecular flexibility index (Phi) is 5.01. The van der Waals surface area contributed by atoms with Gasteiger partial charge in [-0.1, -0.05) is 30.0 Å². The molecule has 0 aliphatic carbocycles. The zero-order chi connectivity index (χ0) is 16.9. The van der Waals surface area contributed by atoms with Gasteiger partial charge in [-0.05, 0) is 48.9 Å². The monoisotopic (exact) mass is 338 g/mol. The van der Waals surface area contributed by atoms with Crippen molar-refractivity contribution in [1.82, 2.24) is 4.98 Å². The molecule has 3 aromatic rings. The maximum Gasteiger partial charge on any atom is 0.234 e. The second kappa shape index (κ2) is 7.36. The topological polar surface area (TPSA) is 51.2 Å². The lowest BCUT2D eigenvalue weighted by molar-refractivity contribution is -0.113. The molecule has 0 saturated heterocycles. The fourth-order valence-electron chi connectivity index (χ4n) is 2.40. The van der Waals surface area contributed by atoms with Crippen molar-refractivity contribution in [3.63, 3.8) is 0 Å². The quantitative estimate of drug-likeness (QED) is 0.705. The normalized spacial score (nSPS) is 10.6. The number of thioether (sulfide) groups is 1. The van der Waals surface area contributed by atoms with Gasteiger partial charge in [0.2, 0.25) is 5.91 Å². The van der Waals surface area contributed by atoms with Gasteiger partial charge < -0.3 is 10.1 Å². The van der Waals surface area contributed by atoms with Crippen LogP contribution in [0.2, 0.25) is 0 Å². The highest BCUT2D eigenvalue weighted by atomic mass is 32.2. The van der Waals surface area contributed by atoms with Crippen LogP contribution in [0.15, 0.2) is 59.6 Å². The summed E-state index contributed by atoms with van der Waals surface area (Å²) < 4.78 is 5.10. The number of carbonyl (C=O) groups is 1. The summed E-state index contributed by atoms with van der Waals surface area (Å²) in [5, 5.41) is 4.87. The number of para-hydroxylation sites is 1. The third-order valence-corrected chi connectivity index (χ3v) is 4.54. The molecule has 0 radical (unpaired) electrons. The van der Waals surface area contributed by atoms with Crippen molar-refractivity contribution in [2.45, 2.75) is 11.9 Å². The first-order valence-electron chi connectivity index (χ1n) is 7.59. The number of nitrogens with one attached hydrogen (secondary N) is 1. The van der Waals surface area contributed by atoms with Crippen LogP contribution in [0, 0.1) is 6.92 Å². The average Bonchev–Trinajstić information content (AvgIpc) is 2.61. The molecule has 4 nitrogen and oxygen atoms in total. The minimum absolute atomic E-state index is 0.0576. The molecule has 1 amide bonds. The van der Waals surface area contributed by atoms with Crippen molar-refractivity contribution < 1.29 is 9.53 Å². The highest BCUT2D eigenvalue weighted by Gasteiger charge is 2.07. The Bertz CT molecular complexity index is 863. The maximum atomic E-state index is 12.1. The van der Waals surface area contributed by atoms with Crippen LogP contribution in [0.3, 0.4) is 0 Å². The number of aromatic nitrogens is 1. The van der Waals surface area contributed by atoms with Gasteiger partial charge in [-0.25, -0.2) is 4.98 Å². The van der Waals surface area contributed by atoms with Crippen molar-refractivity contribution in [2.24, 2.45) is 0 Å². The summed E-state index contributed by atoms with van der Waals surface area (Å²) in [6.45, 7) is 2.06. The zero-order valence-electron chi connectivity index (χ0n) is 13.6. The summed E-state index contributed by atoms with van der Waals surface area (Å²) in [5.74, 6) is 1.02. The van der Waals surface area contributed by atoms with Gasteiger partial charge in [0, 0.05) is 11.1 Å². The second-order valence-electron chi connectivity index (χ2n) is 5.36. The van der Waals surface area contributed by atoms with Gasteiger partial charge in [-0.15, -0.1) is 0 Å². The van der Waals surface area contributed by atoms with E-state index in [4.69, 9.17) is 4.74 Å². The van der Waals surface area contributed by atoms with Crippen LogP contribution in [0.1, 0.15) is 5.56 Å². The summed E-state index contributed by atoms with van der Waals surface area (Å²) in [5.41, 5.74) is 2.87. The number of carbonyl (C=O) groups excluding carboxylic acids is 1. The Labute approximate surface area is 145 Å². The van der Waals surface area contributed by atoms with E-state index in [2.05, 4.69) is 23.3 Å². The predicted molar refractivity (Wildman–Crippen MR) is 98.8 cm³/mol. The number of hydrogen-bond donors (Lipinski definition) is 1. The van der Waals surface area contributed by atoms with Crippen molar-refractivity contribution in [3.8, 4) is 5.75 Å². The summed E-state index contributed by atoms with van der Waals surface area (Å²) >= 11 is 1.44. The van der Waals surface area contributed by atoms with Gasteiger partial charge in [0.1, 0.15) is 5.75 Å². The number of rotatable bonds is 5. The number of benzene rings is 2. The van der Waals surface area contributed by atoms with E-state index in [1.807, 2.05) is 48.5 Å². The molecule has 0 aliphatic heterocycles. The molecule has 0 aliphatic rings. The molecule has 0 bridgehead atoms. The zero-order valence-corrected chi connectivity index (χ0v) is 14.4. The summed E-state index contributed by atoms with van der Waals surface area (Å²) in [4.78, 5) is 16.7. The highest BCUT2D eigenvalue weighted by Crippen LogP contribution is 2.24. The van der Waals surface area contributed by atoms with Crippen molar-refractivity contribution in [3.05, 3.63) is 60.2 Å². The Morgan fingerprint density at radius 1 is 1.17 bits per heavy atom. The van der Waals surface area contributed by atoms with Crippen molar-refractivity contribution >= 4 is 34.3 Å². The molecule has 0 saturated carbocycles. The number of methoxy groups -OCH3 is 1. The van der Waals surface area contributed by atoms with Crippen LogP contribution in [0.5, 0.6) is 5.75 Å². The van der Waals surface area contributed by atoms with Crippen LogP contribution in [0.25, 0.3) is 10.9 Å². The standard InChI is InChI=1S/C19H18N2O2S/c1-13-11-19(21-17-6-4-3-5-16(13)17)24-12-18(22)20-14-7-9-15(23-2)10-8-14/h3-11H,12H2,1-2H3,(H,20,22). The Morgan fingerprint density at radius 3 is 2.67 bits per heavy atom. The number of hydrogen-bond acceptors (Lipinski definition) is 4. The lowest BCUT2D eigenvalue weighted by atomic mass is 10.1. The number of aryl methyl sites for hydroxylation is 1. The van der Waals surface area contributed by atoms with Gasteiger partial charge in [0.25, 0.3) is 0 Å². The molecule has 1 N–H and O–H groups in total. The third-order valence-electron chi connectivity index (χ3n) is 3.62. The summed E-state index contributed by atoms with van der Waals surface area (Å²) in [7, 11) is 1.61. The van der Waals surface area contributed by atoms with E-state index in [-0.39, 0.29) is 5.91 Å². The van der Waals surface area contributed by atoms with E-state index in [1.165, 1.54) is 17.3 Å². The number of nitrogens with zero attached hydrogens (tertiary/aromatic N) is 1. The number of ether oxygens (including phenoxy) is 1. The van der Waals surface area contributed by atoms with Gasteiger partial charge >= 0.3 is 0 Å². The van der Waals surface area contributed by atoms with Crippen molar-refractivity contribution in [1.29, 1.82) is 0 Å². The summed E-state index contributed by atoms with van der Waals surface area (Å²) in [6.07, 6.45) is 0. The number of pyridine rings is 1. The molecule has 122 valence electrons. The van der Waals surface area contributed by atoms with E-state index in [0.717, 1.165) is 27.4 Å². The first-order valence-corrected chi connectivity index (χ1v) is 8.57. The van der Waals surface area contributed by atoms with Gasteiger partial charge in [-0.3, -0.25) is 4.79 Å². The Balaban J connectivity index is 1.63. The van der Waals surface area contributed by atoms with Gasteiger partial charge in [0.15, 0.2) is 0 Å². The Hall–Kier alpha value is -2.53. The van der Waals surface area contributed by atoms with E-state index in [0.29, 0.717) is 5.75 Å². The molecule has 1 heterocycles. The van der Waals surface area contributed by atoms with Gasteiger partial charge in [-0.2, -0.15) is 0 Å². The lowest BCUT2D eigenvalue weighted by Gasteiger charge is -2.08. The van der Waals surface area contributed by atoms with E-state index in [1.54, 1.807) is 7.11 Å². The second-order valence-corrected chi connectivity index (χ2v) is 6.36. The molecule has 0 spiro atoms. The predicted octanol–water partition coefficient (Wildman–Crippen LogP) is 4.28. The van der Waals surface area contributed by atoms with Crippen LogP contribution < -0.4 is 10.1 Å². The maximum absolute atomic E-state index is 12.1. The van der Waals surface area contributed by atoms with E-state index >= 15 is 0 Å². The molecule has 0 atom stereocenters. The average molecular weight is 338 g/mol. The van der Waals surface area contributed by atoms with Crippen LogP contribution >= 0.6 is 11.8 Å². The molecule has 0 fully saturated rings. The fraction of sp³-hybridized carbons (Fsp3) is 0.158. The highest BCUT2D eigenvalue weighted by molar-refractivity contribution is 7.99. The molecule has 1 aromatic heterocycles. The molecule has 0 unspecified atom stereocenters. The van der Waals surface area contributed by atoms with E-state index in [9.17, 15) is 4.79 Å². The minimum atomic E-state index is -0.0576. The first kappa shape index (κ1) is 16.3. The molecule has 3 rings (SSSR count). The number of fused-ring (bicyclic) bond motifs is 1. The smallest absolute Gasteiger partial charge is 0.234 e. The molecular weight excluding hydrogens is 320 g/mol. The third kappa shape index (κ3) is 3.86. The first-order chi connectivity index (χ1) is 11.7. The molecular formula is C19H18N2O2S. The molecule has 24 heavy (non-hydrogen) atoms. The van der Waals surface area contributed by atoms with Crippen LogP contribution in [0.4, 0.5) is 5.69 Å². The molecule has 2 aromatic carbocycles. The Morgan fingerprint density at radius 2 is 1.92 bits per heavy atom. The van der Waals surface area contributed by atoms with Crippen LogP contribution in [-0.4, -0.2) is 23.8 Å². The minimum Gasteiger partial charge on any atom is -0.497 e. The van der Waals surface area contributed by atoms with Crippen LogP contribution in [-0.2, 0) is 4.79 Å². The number of amides is 1.